The third kappa shape index (κ3) is 5.17. The average Bonchev–Trinajstić information content (AvgIpc) is 2.66. The minimum absolute atomic E-state index is 0.343. The number of benzene rings is 2. The Morgan fingerprint density at radius 3 is 2.33 bits per heavy atom. The lowest BCUT2D eigenvalue weighted by Gasteiger charge is -2.11. The highest BCUT2D eigenvalue weighted by atomic mass is 32.2. The second-order valence-electron chi connectivity index (χ2n) is 5.65. The molecule has 0 bridgehead atoms. The summed E-state index contributed by atoms with van der Waals surface area (Å²) in [6.07, 6.45) is 0.701. The third-order valence-corrected chi connectivity index (χ3v) is 4.59. The fraction of sp³-hybridized carbons (Fsp3) is 0.200. The van der Waals surface area contributed by atoms with E-state index in [2.05, 4.69) is 9.97 Å². The van der Waals surface area contributed by atoms with E-state index >= 15 is 0 Å². The SMILES string of the molecule is CCc1cc(Oc2ccccc2OC)nc(SCc2cc(F)cc(F)c2)n1. The Balaban J connectivity index is 1.80. The van der Waals surface area contributed by atoms with Crippen LogP contribution in [0.2, 0.25) is 0 Å². The number of ether oxygens (including phenoxy) is 2. The first-order valence-corrected chi connectivity index (χ1v) is 9.32. The smallest absolute Gasteiger partial charge is 0.223 e. The van der Waals surface area contributed by atoms with Crippen molar-refractivity contribution in [1.29, 1.82) is 0 Å². The van der Waals surface area contributed by atoms with Crippen LogP contribution in [0.5, 0.6) is 17.4 Å². The van der Waals surface area contributed by atoms with Crippen molar-refractivity contribution in [3.05, 3.63) is 71.4 Å². The van der Waals surface area contributed by atoms with Crippen LogP contribution < -0.4 is 9.47 Å². The number of aromatic nitrogens is 2. The molecule has 0 fully saturated rings. The number of hydrogen-bond acceptors (Lipinski definition) is 5. The van der Waals surface area contributed by atoms with E-state index in [1.54, 1.807) is 25.3 Å². The molecule has 0 atom stereocenters. The number of thioether (sulfide) groups is 1. The Morgan fingerprint density at radius 1 is 0.963 bits per heavy atom. The Bertz CT molecular complexity index is 917. The number of halogens is 2. The Labute approximate surface area is 160 Å². The molecule has 4 nitrogen and oxygen atoms in total. The summed E-state index contributed by atoms with van der Waals surface area (Å²) >= 11 is 1.29. The predicted octanol–water partition coefficient (Wildman–Crippen LogP) is 5.41. The van der Waals surface area contributed by atoms with Gasteiger partial charge in [0.25, 0.3) is 0 Å². The third-order valence-electron chi connectivity index (χ3n) is 3.67. The van der Waals surface area contributed by atoms with E-state index in [4.69, 9.17) is 9.47 Å². The van der Waals surface area contributed by atoms with Crippen LogP contribution in [0.15, 0.2) is 53.7 Å². The molecule has 0 saturated heterocycles. The lowest BCUT2D eigenvalue weighted by atomic mass is 10.2. The van der Waals surface area contributed by atoms with Crippen LogP contribution >= 0.6 is 11.8 Å². The van der Waals surface area contributed by atoms with Crippen LogP contribution in [0.4, 0.5) is 8.78 Å². The summed E-state index contributed by atoms with van der Waals surface area (Å²) in [6, 6.07) is 12.5. The van der Waals surface area contributed by atoms with Crippen molar-refractivity contribution in [3.63, 3.8) is 0 Å². The van der Waals surface area contributed by atoms with Crippen LogP contribution in [0.3, 0.4) is 0 Å². The zero-order chi connectivity index (χ0) is 19.2. The molecular formula is C20H18F2N2O2S. The number of aryl methyl sites for hydroxylation is 1. The van der Waals surface area contributed by atoms with Gasteiger partial charge in [-0.3, -0.25) is 0 Å². The van der Waals surface area contributed by atoms with Gasteiger partial charge in [0, 0.05) is 23.6 Å². The molecule has 0 aliphatic heterocycles. The van der Waals surface area contributed by atoms with Crippen LogP contribution in [0, 0.1) is 11.6 Å². The number of nitrogens with zero attached hydrogens (tertiary/aromatic N) is 2. The summed E-state index contributed by atoms with van der Waals surface area (Å²) in [6.45, 7) is 1.98. The molecule has 1 aromatic heterocycles. The topological polar surface area (TPSA) is 44.2 Å². The second kappa shape index (κ2) is 8.81. The highest BCUT2D eigenvalue weighted by Gasteiger charge is 2.10. The normalized spacial score (nSPS) is 10.7. The standard InChI is InChI=1S/C20H18F2N2O2S/c1-3-16-11-19(26-18-7-5-4-6-17(18)25-2)24-20(23-16)27-12-13-8-14(21)10-15(22)9-13/h4-11H,3,12H2,1-2H3. The van der Waals surface area contributed by atoms with Crippen LogP contribution in [0.1, 0.15) is 18.2 Å². The van der Waals surface area contributed by atoms with Crippen LogP contribution in [-0.2, 0) is 12.2 Å². The maximum absolute atomic E-state index is 13.3. The van der Waals surface area contributed by atoms with Crippen LogP contribution in [-0.4, -0.2) is 17.1 Å². The van der Waals surface area contributed by atoms with Crippen molar-refractivity contribution in [2.45, 2.75) is 24.3 Å². The van der Waals surface area contributed by atoms with Gasteiger partial charge >= 0.3 is 0 Å². The van der Waals surface area contributed by atoms with E-state index in [1.807, 2.05) is 19.1 Å². The fourth-order valence-electron chi connectivity index (χ4n) is 2.41. The van der Waals surface area contributed by atoms with Gasteiger partial charge < -0.3 is 9.47 Å². The first-order valence-electron chi connectivity index (χ1n) is 8.34. The van der Waals surface area contributed by atoms with Gasteiger partial charge in [0.2, 0.25) is 5.88 Å². The highest BCUT2D eigenvalue weighted by Crippen LogP contribution is 2.31. The van der Waals surface area contributed by atoms with Crippen molar-refractivity contribution in [1.82, 2.24) is 9.97 Å². The summed E-state index contributed by atoms with van der Waals surface area (Å²) < 4.78 is 37.8. The molecule has 3 rings (SSSR count). The molecule has 0 aliphatic carbocycles. The molecular weight excluding hydrogens is 370 g/mol. The van der Waals surface area contributed by atoms with Gasteiger partial charge in [-0.2, -0.15) is 4.98 Å². The molecule has 140 valence electrons. The molecule has 0 saturated carbocycles. The van der Waals surface area contributed by atoms with Gasteiger partial charge in [-0.1, -0.05) is 30.8 Å². The van der Waals surface area contributed by atoms with Gasteiger partial charge in [-0.05, 0) is 36.2 Å². The van der Waals surface area contributed by atoms with E-state index < -0.39 is 11.6 Å². The quantitative estimate of drug-likeness (QED) is 0.400. The van der Waals surface area contributed by atoms with E-state index in [9.17, 15) is 8.78 Å². The summed E-state index contributed by atoms with van der Waals surface area (Å²) in [7, 11) is 1.57. The molecule has 2 aromatic carbocycles. The van der Waals surface area contributed by atoms with Crippen molar-refractivity contribution in [2.24, 2.45) is 0 Å². The average molecular weight is 388 g/mol. The minimum Gasteiger partial charge on any atom is -0.493 e. The number of hydrogen-bond donors (Lipinski definition) is 0. The van der Waals surface area contributed by atoms with E-state index in [1.165, 1.54) is 23.9 Å². The van der Waals surface area contributed by atoms with Gasteiger partial charge in [0.05, 0.1) is 7.11 Å². The first-order chi connectivity index (χ1) is 13.1. The first kappa shape index (κ1) is 19.1. The van der Waals surface area contributed by atoms with Gasteiger partial charge in [-0.15, -0.1) is 0 Å². The molecule has 0 unspecified atom stereocenters. The summed E-state index contributed by atoms with van der Waals surface area (Å²) in [5, 5.41) is 0.476. The monoisotopic (exact) mass is 388 g/mol. The van der Waals surface area contributed by atoms with Gasteiger partial charge in [0.15, 0.2) is 16.7 Å². The van der Waals surface area contributed by atoms with Crippen molar-refractivity contribution in [2.75, 3.05) is 7.11 Å². The van der Waals surface area contributed by atoms with E-state index in [0.29, 0.717) is 40.3 Å². The molecule has 0 aliphatic rings. The lowest BCUT2D eigenvalue weighted by molar-refractivity contribution is 0.372. The summed E-state index contributed by atoms with van der Waals surface area (Å²) in [5.41, 5.74) is 1.33. The van der Waals surface area contributed by atoms with Crippen LogP contribution in [0.25, 0.3) is 0 Å². The molecule has 1 heterocycles. The fourth-order valence-corrected chi connectivity index (χ4v) is 3.20. The maximum atomic E-state index is 13.3. The zero-order valence-electron chi connectivity index (χ0n) is 14.9. The number of para-hydroxylation sites is 2. The van der Waals surface area contributed by atoms with Crippen molar-refractivity contribution < 1.29 is 18.3 Å². The predicted molar refractivity (Wildman–Crippen MR) is 100 cm³/mol. The summed E-state index contributed by atoms with van der Waals surface area (Å²) in [4.78, 5) is 8.85. The molecule has 0 amide bonds. The Kier molecular flexibility index (Phi) is 6.24. The van der Waals surface area contributed by atoms with E-state index in [-0.39, 0.29) is 0 Å². The molecule has 3 aromatic rings. The molecule has 27 heavy (non-hydrogen) atoms. The van der Waals surface area contributed by atoms with Gasteiger partial charge in [0.1, 0.15) is 11.6 Å². The molecule has 7 heteroatoms. The Hall–Kier alpha value is -2.67. The molecule has 0 radical (unpaired) electrons. The van der Waals surface area contributed by atoms with Gasteiger partial charge in [-0.25, -0.2) is 13.8 Å². The number of rotatable bonds is 7. The molecule has 0 spiro atoms. The van der Waals surface area contributed by atoms with Crippen molar-refractivity contribution in [3.8, 4) is 17.4 Å². The largest absolute Gasteiger partial charge is 0.493 e. The lowest BCUT2D eigenvalue weighted by Crippen LogP contribution is -1.98. The summed E-state index contributed by atoms with van der Waals surface area (Å²) in [5.74, 6) is 0.667. The maximum Gasteiger partial charge on any atom is 0.223 e. The molecule has 0 N–H and O–H groups in total. The van der Waals surface area contributed by atoms with Crippen molar-refractivity contribution >= 4 is 11.8 Å². The van der Waals surface area contributed by atoms with E-state index in [0.717, 1.165) is 11.8 Å². The minimum atomic E-state index is -0.603. The second-order valence-corrected chi connectivity index (χ2v) is 6.60. The Morgan fingerprint density at radius 2 is 1.67 bits per heavy atom. The number of methoxy groups -OCH3 is 1. The highest BCUT2D eigenvalue weighted by molar-refractivity contribution is 7.98. The zero-order valence-corrected chi connectivity index (χ0v) is 15.7.